The number of ether oxygens (including phenoxy) is 2. The number of esters is 1. The second-order valence-electron chi connectivity index (χ2n) is 10.4. The molecule has 0 aromatic heterocycles. The van der Waals surface area contributed by atoms with Gasteiger partial charge >= 0.3 is 12.1 Å². The summed E-state index contributed by atoms with van der Waals surface area (Å²) in [5.41, 5.74) is 6.23. The van der Waals surface area contributed by atoms with Gasteiger partial charge < -0.3 is 30.1 Å². The van der Waals surface area contributed by atoms with E-state index in [1.54, 1.807) is 6.92 Å². The first-order valence-electron chi connectivity index (χ1n) is 13.5. The third kappa shape index (κ3) is 5.62. The van der Waals surface area contributed by atoms with Crippen molar-refractivity contribution < 1.29 is 33.8 Å². The van der Waals surface area contributed by atoms with E-state index in [-0.39, 0.29) is 54.9 Å². The maximum absolute atomic E-state index is 13.3. The number of aliphatic hydroxyl groups is 1. The van der Waals surface area contributed by atoms with Crippen LogP contribution in [0, 0.1) is 11.8 Å². The van der Waals surface area contributed by atoms with Crippen LogP contribution in [0.2, 0.25) is 0 Å². The second kappa shape index (κ2) is 12.5. The van der Waals surface area contributed by atoms with Crippen molar-refractivity contribution in [2.24, 2.45) is 22.6 Å². The molecule has 12 nitrogen and oxygen atoms in total. The highest BCUT2D eigenvalue weighted by atomic mass is 32.2. The molecule has 0 saturated carbocycles. The number of hydrogen-bond donors (Lipinski definition) is 2. The number of likely N-dealkylation sites (tertiary alicyclic amines) is 2. The molecule has 218 valence electrons. The van der Waals surface area contributed by atoms with Crippen molar-refractivity contribution in [1.29, 1.82) is 0 Å². The van der Waals surface area contributed by atoms with Gasteiger partial charge in [-0.25, -0.2) is 9.59 Å². The fourth-order valence-electron chi connectivity index (χ4n) is 5.79. The van der Waals surface area contributed by atoms with Crippen LogP contribution in [0.15, 0.2) is 40.9 Å². The fraction of sp³-hybridized carbons (Fsp3) is 0.593. The molecule has 0 spiro atoms. The number of rotatable bonds is 9. The minimum atomic E-state index is -0.909. The van der Waals surface area contributed by atoms with Crippen LogP contribution in [0.3, 0.4) is 0 Å². The van der Waals surface area contributed by atoms with Crippen molar-refractivity contribution in [1.82, 2.24) is 14.7 Å². The molecule has 4 aliphatic heterocycles. The molecule has 40 heavy (non-hydrogen) atoms. The van der Waals surface area contributed by atoms with Crippen molar-refractivity contribution in [3.05, 3.63) is 35.9 Å². The zero-order valence-corrected chi connectivity index (χ0v) is 23.7. The number of carbonyl (C=O) groups is 4. The molecule has 3 fully saturated rings. The van der Waals surface area contributed by atoms with Crippen LogP contribution < -0.4 is 5.73 Å². The van der Waals surface area contributed by atoms with E-state index < -0.39 is 42.1 Å². The maximum Gasteiger partial charge on any atom is 0.410 e. The lowest BCUT2D eigenvalue weighted by atomic mass is 9.79. The Morgan fingerprint density at radius 2 is 1.85 bits per heavy atom. The Morgan fingerprint density at radius 1 is 1.20 bits per heavy atom. The molecule has 0 aliphatic carbocycles. The summed E-state index contributed by atoms with van der Waals surface area (Å²) in [6.45, 7) is 12.1. The second-order valence-corrected chi connectivity index (χ2v) is 11.7. The number of fused-ring (bicyclic) bond motifs is 1. The minimum Gasteiger partial charge on any atom is -0.457 e. The largest absolute Gasteiger partial charge is 0.457 e. The zero-order chi connectivity index (χ0) is 29.1. The average Bonchev–Trinajstić information content (AvgIpc) is 3.64. The summed E-state index contributed by atoms with van der Waals surface area (Å²) in [5, 5.41) is 9.91. The topological polar surface area (TPSA) is 155 Å². The number of nitrogens with two attached hydrogens (primary N) is 1. The van der Waals surface area contributed by atoms with E-state index in [1.165, 1.54) is 33.7 Å². The summed E-state index contributed by atoms with van der Waals surface area (Å²) >= 11 is 1.33. The van der Waals surface area contributed by atoms with Crippen molar-refractivity contribution in [3.8, 4) is 0 Å². The van der Waals surface area contributed by atoms with E-state index in [0.29, 0.717) is 4.91 Å². The van der Waals surface area contributed by atoms with E-state index >= 15 is 0 Å². The van der Waals surface area contributed by atoms with Gasteiger partial charge in [0.05, 0.1) is 18.1 Å². The lowest BCUT2D eigenvalue weighted by Crippen LogP contribution is -2.63. The van der Waals surface area contributed by atoms with Crippen molar-refractivity contribution in [2.75, 3.05) is 32.8 Å². The summed E-state index contributed by atoms with van der Waals surface area (Å²) in [6, 6.07) is -1.30. The van der Waals surface area contributed by atoms with Gasteiger partial charge in [-0.2, -0.15) is 4.99 Å². The summed E-state index contributed by atoms with van der Waals surface area (Å²) in [7, 11) is 0. The third-order valence-electron chi connectivity index (χ3n) is 7.69. The van der Waals surface area contributed by atoms with Crippen molar-refractivity contribution in [3.63, 3.8) is 0 Å². The molecular weight excluding hydrogens is 538 g/mol. The molecule has 4 aliphatic rings. The molecule has 0 aromatic carbocycles. The van der Waals surface area contributed by atoms with Crippen LogP contribution in [0.4, 0.5) is 4.79 Å². The Hall–Kier alpha value is -3.32. The normalized spacial score (nSPS) is 28.8. The number of nitrogens with zero attached hydrogens (tertiary/aromatic N) is 4. The first kappa shape index (κ1) is 29.7. The predicted molar refractivity (Wildman–Crippen MR) is 149 cm³/mol. The van der Waals surface area contributed by atoms with Gasteiger partial charge in [0.1, 0.15) is 25.0 Å². The Bertz CT molecular complexity index is 1130. The number of carbonyl (C=O) groups excluding carboxylic acids is 4. The van der Waals surface area contributed by atoms with E-state index in [1.807, 2.05) is 11.8 Å². The molecule has 4 heterocycles. The number of aliphatic imine (C=N–C) groups is 1. The molecule has 6 atom stereocenters. The molecule has 0 radical (unpaired) electrons. The average molecular weight is 576 g/mol. The number of hydrogen-bond acceptors (Lipinski definition) is 8. The van der Waals surface area contributed by atoms with Gasteiger partial charge in [0.15, 0.2) is 5.96 Å². The van der Waals surface area contributed by atoms with Gasteiger partial charge in [-0.1, -0.05) is 32.2 Å². The highest BCUT2D eigenvalue weighted by Crippen LogP contribution is 2.52. The Labute approximate surface area is 237 Å². The van der Waals surface area contributed by atoms with E-state index in [0.717, 1.165) is 25.9 Å². The SMILES string of the molecule is C=CCOC(=O)C1=C(S[C@H]2C[C@@H](C(=O)N=C(N)N3CCCC3)N(C(=O)OCC=C)C2)[C@H](C)[C@@H]2[C@@H]([C@@H](C)O)C(=O)N12. The lowest BCUT2D eigenvalue weighted by molar-refractivity contribution is -0.164. The highest BCUT2D eigenvalue weighted by Gasteiger charge is 2.60. The number of β-lactam (4-membered cyclic amide) rings is 1. The van der Waals surface area contributed by atoms with Crippen LogP contribution in [0.5, 0.6) is 0 Å². The molecule has 3 N–H and O–H groups in total. The third-order valence-corrected chi connectivity index (χ3v) is 9.18. The van der Waals surface area contributed by atoms with Gasteiger partial charge in [-0.3, -0.25) is 14.5 Å². The number of guanidine groups is 1. The Balaban J connectivity index is 1.59. The van der Waals surface area contributed by atoms with Crippen molar-refractivity contribution >= 4 is 41.6 Å². The summed E-state index contributed by atoms with van der Waals surface area (Å²) in [5.74, 6) is -2.33. The van der Waals surface area contributed by atoms with Crippen LogP contribution in [0.25, 0.3) is 0 Å². The molecule has 0 unspecified atom stereocenters. The molecule has 0 bridgehead atoms. The van der Waals surface area contributed by atoms with Crippen LogP contribution >= 0.6 is 11.8 Å². The van der Waals surface area contributed by atoms with Crippen LogP contribution in [-0.2, 0) is 23.9 Å². The van der Waals surface area contributed by atoms with E-state index in [9.17, 15) is 24.3 Å². The summed E-state index contributed by atoms with van der Waals surface area (Å²) in [6.07, 6.45) is 3.49. The first-order chi connectivity index (χ1) is 19.1. The number of thioether (sulfide) groups is 1. The van der Waals surface area contributed by atoms with Crippen molar-refractivity contribution in [2.45, 2.75) is 56.5 Å². The smallest absolute Gasteiger partial charge is 0.410 e. The van der Waals surface area contributed by atoms with Gasteiger partial charge in [0, 0.05) is 35.7 Å². The minimum absolute atomic E-state index is 0.0196. The monoisotopic (exact) mass is 575 g/mol. The summed E-state index contributed by atoms with van der Waals surface area (Å²) < 4.78 is 10.5. The number of aliphatic hydroxyl groups excluding tert-OH is 1. The predicted octanol–water partition coefficient (Wildman–Crippen LogP) is 1.22. The molecule has 4 rings (SSSR count). The van der Waals surface area contributed by atoms with Gasteiger partial charge in [0.25, 0.3) is 5.91 Å². The highest BCUT2D eigenvalue weighted by molar-refractivity contribution is 8.03. The quantitative estimate of drug-likeness (QED) is 0.135. The van der Waals surface area contributed by atoms with E-state index in [4.69, 9.17) is 15.2 Å². The standard InChI is InChI=1S/C27H37N5O7S/c1-5-11-38-25(36)21-22(15(3)20-19(16(4)33)24(35)32(20)21)40-17-13-18(31(14-17)27(37)39-12-6-2)23(34)29-26(28)30-9-7-8-10-30/h5-6,15-20,33H,1-2,7-14H2,3-4H3,(H2,28,29,34)/t15-,16-,17+,18+,19-,20-/m1/s1. The maximum atomic E-state index is 13.3. The lowest BCUT2D eigenvalue weighted by Gasteiger charge is -2.46. The van der Waals surface area contributed by atoms with Gasteiger partial charge in [-0.05, 0) is 26.2 Å². The van der Waals surface area contributed by atoms with E-state index in [2.05, 4.69) is 18.2 Å². The molecule has 3 amide bonds. The van der Waals surface area contributed by atoms with Crippen LogP contribution in [0.1, 0.15) is 33.1 Å². The molecular formula is C27H37N5O7S. The number of amides is 3. The van der Waals surface area contributed by atoms with Gasteiger partial charge in [-0.15, -0.1) is 11.8 Å². The molecule has 3 saturated heterocycles. The fourth-order valence-corrected chi connectivity index (χ4v) is 7.31. The molecule has 0 aromatic rings. The molecule has 13 heteroatoms. The van der Waals surface area contributed by atoms with Crippen LogP contribution in [-0.4, -0.2) is 106 Å². The zero-order valence-electron chi connectivity index (χ0n) is 22.9. The van der Waals surface area contributed by atoms with Gasteiger partial charge in [0.2, 0.25) is 5.91 Å². The Kier molecular flexibility index (Phi) is 9.24. The Morgan fingerprint density at radius 3 is 2.48 bits per heavy atom. The first-order valence-corrected chi connectivity index (χ1v) is 14.4. The summed E-state index contributed by atoms with van der Waals surface area (Å²) in [4.78, 5) is 61.5.